The van der Waals surface area contributed by atoms with Crippen LogP contribution in [-0.2, 0) is 21.4 Å². The zero-order chi connectivity index (χ0) is 18.7. The number of likely N-dealkylation sites (tertiary alicyclic amines) is 1. The second-order valence-electron chi connectivity index (χ2n) is 6.68. The lowest BCUT2D eigenvalue weighted by molar-refractivity contribution is -0.150. The SMILES string of the molecule is CO[C@@H](C(=O)N1CC(C(=O)O)CC(c2cnn(C)c2)C1)c1ccccc1. The smallest absolute Gasteiger partial charge is 0.308 e. The number of hydrogen-bond donors (Lipinski definition) is 1. The maximum Gasteiger partial charge on any atom is 0.308 e. The first kappa shape index (κ1) is 18.1. The van der Waals surface area contributed by atoms with Gasteiger partial charge in [0.1, 0.15) is 0 Å². The second kappa shape index (κ2) is 7.70. The lowest BCUT2D eigenvalue weighted by atomic mass is 9.85. The number of aromatic nitrogens is 2. The third kappa shape index (κ3) is 3.77. The molecule has 0 radical (unpaired) electrons. The second-order valence-corrected chi connectivity index (χ2v) is 6.68. The van der Waals surface area contributed by atoms with Gasteiger partial charge in [0, 0.05) is 39.4 Å². The number of aliphatic carboxylic acids is 1. The van der Waals surface area contributed by atoms with Gasteiger partial charge in [0.25, 0.3) is 5.91 Å². The molecule has 0 aliphatic carbocycles. The van der Waals surface area contributed by atoms with E-state index >= 15 is 0 Å². The van der Waals surface area contributed by atoms with Crippen molar-refractivity contribution in [1.82, 2.24) is 14.7 Å². The van der Waals surface area contributed by atoms with Gasteiger partial charge in [-0.3, -0.25) is 14.3 Å². The molecule has 7 nitrogen and oxygen atoms in total. The van der Waals surface area contributed by atoms with Gasteiger partial charge in [0.15, 0.2) is 6.10 Å². The van der Waals surface area contributed by atoms with Crippen LogP contribution in [0.3, 0.4) is 0 Å². The molecule has 3 rings (SSSR count). The Hall–Kier alpha value is -2.67. The molecule has 2 aromatic rings. The normalized spacial score (nSPS) is 21.4. The summed E-state index contributed by atoms with van der Waals surface area (Å²) < 4.78 is 7.13. The molecular formula is C19H23N3O4. The third-order valence-corrected chi connectivity index (χ3v) is 4.87. The van der Waals surface area contributed by atoms with E-state index in [1.807, 2.05) is 43.6 Å². The molecule has 1 aromatic carbocycles. The molecule has 3 atom stereocenters. The van der Waals surface area contributed by atoms with E-state index in [0.29, 0.717) is 13.0 Å². The topological polar surface area (TPSA) is 84.7 Å². The third-order valence-electron chi connectivity index (χ3n) is 4.87. The van der Waals surface area contributed by atoms with Gasteiger partial charge in [-0.2, -0.15) is 5.10 Å². The fraction of sp³-hybridized carbons (Fsp3) is 0.421. The van der Waals surface area contributed by atoms with Crippen LogP contribution < -0.4 is 0 Å². The number of carbonyl (C=O) groups excluding carboxylic acids is 1. The molecule has 1 aliphatic rings. The van der Waals surface area contributed by atoms with Crippen LogP contribution in [0.25, 0.3) is 0 Å². The van der Waals surface area contributed by atoms with Crippen LogP contribution >= 0.6 is 0 Å². The van der Waals surface area contributed by atoms with Crippen LogP contribution in [0.2, 0.25) is 0 Å². The maximum atomic E-state index is 13.1. The lowest BCUT2D eigenvalue weighted by Gasteiger charge is -2.37. The molecule has 0 spiro atoms. The summed E-state index contributed by atoms with van der Waals surface area (Å²) in [5.74, 6) is -1.76. The highest BCUT2D eigenvalue weighted by atomic mass is 16.5. The van der Waals surface area contributed by atoms with Crippen molar-refractivity contribution < 1.29 is 19.4 Å². The molecule has 0 saturated carbocycles. The number of carboxylic acids is 1. The number of methoxy groups -OCH3 is 1. The number of benzene rings is 1. The summed E-state index contributed by atoms with van der Waals surface area (Å²) in [6, 6.07) is 9.25. The summed E-state index contributed by atoms with van der Waals surface area (Å²) in [6.45, 7) is 0.651. The summed E-state index contributed by atoms with van der Waals surface area (Å²) in [5, 5.41) is 13.7. The first-order valence-corrected chi connectivity index (χ1v) is 8.57. The standard InChI is InChI=1S/C19H23N3O4/c1-21-10-16(9-20-21)14-8-15(19(24)25)12-22(11-14)18(23)17(26-2)13-6-4-3-5-7-13/h3-7,9-10,14-15,17H,8,11-12H2,1-2H3,(H,24,25)/t14?,15?,17-/m1/s1. The molecule has 1 amide bonds. The Kier molecular flexibility index (Phi) is 5.37. The van der Waals surface area contributed by atoms with Crippen molar-refractivity contribution in [3.05, 3.63) is 53.9 Å². The Morgan fingerprint density at radius 1 is 1.27 bits per heavy atom. The highest BCUT2D eigenvalue weighted by Gasteiger charge is 2.37. The average molecular weight is 357 g/mol. The van der Waals surface area contributed by atoms with E-state index in [2.05, 4.69) is 5.10 Å². The number of piperidine rings is 1. The minimum Gasteiger partial charge on any atom is -0.481 e. The van der Waals surface area contributed by atoms with Crippen LogP contribution in [0, 0.1) is 5.92 Å². The minimum absolute atomic E-state index is 0.0595. The van der Waals surface area contributed by atoms with Crippen LogP contribution in [0.4, 0.5) is 0 Å². The molecule has 1 fully saturated rings. The van der Waals surface area contributed by atoms with Gasteiger partial charge < -0.3 is 14.7 Å². The number of rotatable bonds is 5. The highest BCUT2D eigenvalue weighted by molar-refractivity contribution is 5.83. The molecule has 1 N–H and O–H groups in total. The minimum atomic E-state index is -0.884. The van der Waals surface area contributed by atoms with E-state index in [1.165, 1.54) is 7.11 Å². The first-order chi connectivity index (χ1) is 12.5. The Morgan fingerprint density at radius 3 is 2.58 bits per heavy atom. The number of amides is 1. The number of ether oxygens (including phenoxy) is 1. The van der Waals surface area contributed by atoms with Crippen molar-refractivity contribution in [2.24, 2.45) is 13.0 Å². The fourth-order valence-electron chi connectivity index (χ4n) is 3.52. The molecule has 2 heterocycles. The van der Waals surface area contributed by atoms with Crippen molar-refractivity contribution in [1.29, 1.82) is 0 Å². The van der Waals surface area contributed by atoms with Crippen molar-refractivity contribution >= 4 is 11.9 Å². The van der Waals surface area contributed by atoms with Crippen LogP contribution in [-0.4, -0.2) is 51.9 Å². The number of nitrogens with zero attached hydrogens (tertiary/aromatic N) is 3. The zero-order valence-electron chi connectivity index (χ0n) is 14.9. The fourth-order valence-corrected chi connectivity index (χ4v) is 3.52. The predicted octanol–water partition coefficient (Wildman–Crippen LogP) is 1.82. The summed E-state index contributed by atoms with van der Waals surface area (Å²) >= 11 is 0. The van der Waals surface area contributed by atoms with E-state index in [-0.39, 0.29) is 18.4 Å². The number of carboxylic acid groups (broad SMARTS) is 1. The van der Waals surface area contributed by atoms with Gasteiger partial charge in [-0.25, -0.2) is 0 Å². The Bertz CT molecular complexity index is 774. The molecule has 2 unspecified atom stereocenters. The van der Waals surface area contributed by atoms with Gasteiger partial charge in [0.2, 0.25) is 0 Å². The lowest BCUT2D eigenvalue weighted by Crippen LogP contribution is -2.47. The Morgan fingerprint density at radius 2 is 2.00 bits per heavy atom. The van der Waals surface area contributed by atoms with Gasteiger partial charge in [-0.05, 0) is 17.5 Å². The summed E-state index contributed by atoms with van der Waals surface area (Å²) in [4.78, 5) is 26.3. The van der Waals surface area contributed by atoms with Crippen LogP contribution in [0.15, 0.2) is 42.7 Å². The molecule has 26 heavy (non-hydrogen) atoms. The molecule has 1 aliphatic heterocycles. The van der Waals surface area contributed by atoms with E-state index in [1.54, 1.807) is 15.8 Å². The summed E-state index contributed by atoms with van der Waals surface area (Å²) in [7, 11) is 3.31. The number of hydrogen-bond acceptors (Lipinski definition) is 4. The van der Waals surface area contributed by atoms with Crippen LogP contribution in [0.1, 0.15) is 29.6 Å². The maximum absolute atomic E-state index is 13.1. The largest absolute Gasteiger partial charge is 0.481 e. The van der Waals surface area contributed by atoms with Gasteiger partial charge in [-0.15, -0.1) is 0 Å². The summed E-state index contributed by atoms with van der Waals surface area (Å²) in [5.41, 5.74) is 1.71. The van der Waals surface area contributed by atoms with Crippen molar-refractivity contribution in [2.75, 3.05) is 20.2 Å². The molecule has 7 heteroatoms. The number of aryl methyl sites for hydroxylation is 1. The van der Waals surface area contributed by atoms with Gasteiger partial charge >= 0.3 is 5.97 Å². The van der Waals surface area contributed by atoms with Gasteiger partial charge in [-0.1, -0.05) is 30.3 Å². The van der Waals surface area contributed by atoms with Crippen molar-refractivity contribution in [3.63, 3.8) is 0 Å². The van der Waals surface area contributed by atoms with E-state index in [4.69, 9.17) is 4.74 Å². The zero-order valence-corrected chi connectivity index (χ0v) is 14.9. The quantitative estimate of drug-likeness (QED) is 0.882. The molecular weight excluding hydrogens is 334 g/mol. The highest BCUT2D eigenvalue weighted by Crippen LogP contribution is 2.32. The van der Waals surface area contributed by atoms with Crippen LogP contribution in [0.5, 0.6) is 0 Å². The molecule has 0 bridgehead atoms. The van der Waals surface area contributed by atoms with E-state index < -0.39 is 18.0 Å². The Balaban J connectivity index is 1.84. The molecule has 1 aromatic heterocycles. The first-order valence-electron chi connectivity index (χ1n) is 8.57. The van der Waals surface area contributed by atoms with E-state index in [9.17, 15) is 14.7 Å². The van der Waals surface area contributed by atoms with E-state index in [0.717, 1.165) is 11.1 Å². The molecule has 1 saturated heterocycles. The van der Waals surface area contributed by atoms with Crippen molar-refractivity contribution in [3.8, 4) is 0 Å². The van der Waals surface area contributed by atoms with Crippen molar-refractivity contribution in [2.45, 2.75) is 18.4 Å². The number of carbonyl (C=O) groups is 2. The monoisotopic (exact) mass is 357 g/mol. The summed E-state index contributed by atoms with van der Waals surface area (Å²) in [6.07, 6.45) is 3.37. The average Bonchev–Trinajstić information content (AvgIpc) is 3.09. The van der Waals surface area contributed by atoms with Gasteiger partial charge in [0.05, 0.1) is 12.1 Å². The predicted molar refractivity (Wildman–Crippen MR) is 94.5 cm³/mol. The molecule has 138 valence electrons. The Labute approximate surface area is 152 Å².